The molecule has 0 bridgehead atoms. The molecular weight excluding hydrogens is 826 g/mol. The molecule has 10 nitrogen and oxygen atoms in total. The number of hydrogen-bond acceptors (Lipinski definition) is 6. The van der Waals surface area contributed by atoms with Crippen molar-refractivity contribution in [2.75, 3.05) is 22.9 Å². The first-order chi connectivity index (χ1) is 26.0. The third-order valence-electron chi connectivity index (χ3n) is 10.2. The fourth-order valence-electron chi connectivity index (χ4n) is 6.94. The number of halogens is 4. The van der Waals surface area contributed by atoms with Crippen LogP contribution in [0.2, 0.25) is 20.1 Å². The zero-order chi connectivity index (χ0) is 40.5. The Morgan fingerprint density at radius 2 is 1.16 bits per heavy atom. The Hall–Kier alpha value is -2.03. The van der Waals surface area contributed by atoms with Crippen LogP contribution >= 0.6 is 46.4 Å². The number of rotatable bonds is 22. The molecule has 2 N–H and O–H groups in total. The van der Waals surface area contributed by atoms with Crippen LogP contribution in [0.4, 0.5) is 11.4 Å². The second-order valence-corrected chi connectivity index (χ2v) is 19.8. The first-order valence-electron chi connectivity index (χ1n) is 19.3. The molecule has 2 unspecified atom stereocenters. The molecule has 16 heteroatoms. The van der Waals surface area contributed by atoms with Crippen molar-refractivity contribution in [3.8, 4) is 0 Å². The molecule has 306 valence electrons. The highest BCUT2D eigenvalue weighted by molar-refractivity contribution is 7.86. The van der Waals surface area contributed by atoms with Crippen molar-refractivity contribution in [2.24, 2.45) is 0 Å². The van der Waals surface area contributed by atoms with Gasteiger partial charge in [0.15, 0.2) is 11.0 Å². The minimum Gasteiger partial charge on any atom is -0.326 e. The van der Waals surface area contributed by atoms with Gasteiger partial charge >= 0.3 is 0 Å². The zero-order valence-corrected chi connectivity index (χ0v) is 36.8. The fraction of sp³-hybridized carbons (Fsp3) is 0.564. The summed E-state index contributed by atoms with van der Waals surface area (Å²) in [6.07, 6.45) is 18.5. The summed E-state index contributed by atoms with van der Waals surface area (Å²) in [5.41, 5.74) is 2.86. The van der Waals surface area contributed by atoms with Crippen LogP contribution in [0.25, 0.3) is 17.1 Å². The minimum atomic E-state index is -4.38. The molecule has 1 aromatic heterocycles. The Labute approximate surface area is 347 Å². The van der Waals surface area contributed by atoms with E-state index in [9.17, 15) is 25.9 Å². The number of allylic oxidation sites excluding steroid dienone is 2. The van der Waals surface area contributed by atoms with E-state index < -0.39 is 30.7 Å². The van der Waals surface area contributed by atoms with E-state index in [0.717, 1.165) is 75.4 Å². The van der Waals surface area contributed by atoms with Gasteiger partial charge in [-0.15, -0.1) is 0 Å². The van der Waals surface area contributed by atoms with E-state index in [-0.39, 0.29) is 13.1 Å². The number of benzene rings is 2. The highest BCUT2D eigenvalue weighted by Crippen LogP contribution is 2.46. The Balaban J connectivity index is 1.87. The maximum Gasteiger partial charge on any atom is 0.282 e. The van der Waals surface area contributed by atoms with Crippen molar-refractivity contribution >= 4 is 95.1 Å². The standard InChI is InChI=1S/C39H54Cl4N4O6S2/c1-5-7-9-11-13-15-20-44-34-22-30(40)32(42)24-36(34)46(26-28(3)54(48,49)50)38(44)18-17-19-39-45(21-16-14-12-10-8-6-2)35-23-31(41)33(43)25-37(35)47(39)27-29(4)55(51,52)53/h17-19,22-25,28-29H,5-16,20-21,26-27H2,1-4H3,(H-,48,49,50,51,52,53)/p+1. The van der Waals surface area contributed by atoms with Gasteiger partial charge in [0.1, 0.15) is 22.9 Å². The second kappa shape index (κ2) is 20.6. The van der Waals surface area contributed by atoms with Crippen LogP contribution in [0.3, 0.4) is 0 Å². The Morgan fingerprint density at radius 3 is 1.73 bits per heavy atom. The molecule has 3 aromatic rings. The predicted molar refractivity (Wildman–Crippen MR) is 229 cm³/mol. The first kappa shape index (κ1) is 45.7. The smallest absolute Gasteiger partial charge is 0.282 e. The van der Waals surface area contributed by atoms with E-state index in [1.54, 1.807) is 24.3 Å². The highest BCUT2D eigenvalue weighted by Gasteiger charge is 2.35. The largest absolute Gasteiger partial charge is 0.326 e. The normalized spacial score (nSPS) is 15.6. The van der Waals surface area contributed by atoms with Crippen LogP contribution in [-0.2, 0) is 33.3 Å². The molecule has 0 amide bonds. The molecule has 0 radical (unpaired) electrons. The molecule has 2 atom stereocenters. The summed E-state index contributed by atoms with van der Waals surface area (Å²) in [5, 5.41) is -0.917. The Bertz CT molecular complexity index is 2070. The summed E-state index contributed by atoms with van der Waals surface area (Å²) in [5.74, 6) is 1.33. The predicted octanol–water partition coefficient (Wildman–Crippen LogP) is 11.0. The molecule has 4 rings (SSSR count). The van der Waals surface area contributed by atoms with Crippen molar-refractivity contribution in [2.45, 2.75) is 128 Å². The minimum absolute atomic E-state index is 0.0579. The van der Waals surface area contributed by atoms with Crippen LogP contribution in [0.1, 0.15) is 111 Å². The van der Waals surface area contributed by atoms with Gasteiger partial charge in [-0.05, 0) is 51.3 Å². The van der Waals surface area contributed by atoms with Crippen LogP contribution < -0.4 is 14.4 Å². The Kier molecular flexibility index (Phi) is 17.1. The summed E-state index contributed by atoms with van der Waals surface area (Å²) < 4.78 is 73.2. The zero-order valence-electron chi connectivity index (χ0n) is 32.2. The van der Waals surface area contributed by atoms with Crippen LogP contribution in [0, 0.1) is 0 Å². The van der Waals surface area contributed by atoms with E-state index in [1.165, 1.54) is 26.7 Å². The van der Waals surface area contributed by atoms with E-state index >= 15 is 0 Å². The van der Waals surface area contributed by atoms with Crippen molar-refractivity contribution in [1.29, 1.82) is 0 Å². The maximum atomic E-state index is 12.3. The summed E-state index contributed by atoms with van der Waals surface area (Å²) >= 11 is 26.1. The van der Waals surface area contributed by atoms with E-state index in [2.05, 4.69) is 23.3 Å². The van der Waals surface area contributed by atoms with Gasteiger partial charge in [0.05, 0.1) is 38.0 Å². The summed E-state index contributed by atoms with van der Waals surface area (Å²) in [7, 11) is -8.76. The van der Waals surface area contributed by atoms with Gasteiger partial charge in [-0.1, -0.05) is 124 Å². The summed E-state index contributed by atoms with van der Waals surface area (Å²) in [6.45, 7) is 8.38. The van der Waals surface area contributed by atoms with Crippen molar-refractivity contribution in [1.82, 2.24) is 4.57 Å². The number of aromatic nitrogens is 2. The number of fused-ring (bicyclic) bond motifs is 2. The maximum absolute atomic E-state index is 12.3. The molecule has 0 aliphatic carbocycles. The van der Waals surface area contributed by atoms with Crippen LogP contribution in [-0.4, -0.2) is 54.1 Å². The molecule has 2 heterocycles. The van der Waals surface area contributed by atoms with E-state index in [4.69, 9.17) is 46.4 Å². The summed E-state index contributed by atoms with van der Waals surface area (Å²) in [6, 6.07) is 6.99. The first-order valence-corrected chi connectivity index (χ1v) is 23.8. The fourth-order valence-corrected chi connectivity index (χ4v) is 8.25. The lowest BCUT2D eigenvalue weighted by Gasteiger charge is -2.27. The monoisotopic (exact) mass is 879 g/mol. The average molecular weight is 882 g/mol. The third kappa shape index (κ3) is 12.0. The van der Waals surface area contributed by atoms with Crippen molar-refractivity contribution in [3.63, 3.8) is 0 Å². The van der Waals surface area contributed by atoms with Gasteiger partial charge in [-0.2, -0.15) is 16.8 Å². The van der Waals surface area contributed by atoms with Crippen LogP contribution in [0.5, 0.6) is 0 Å². The molecular formula is C39H55Cl4N4O6S2+. The number of imidazole rings is 1. The van der Waals surface area contributed by atoms with Crippen molar-refractivity contribution < 1.29 is 30.5 Å². The molecule has 0 spiro atoms. The number of nitrogens with zero attached hydrogens (tertiary/aromatic N) is 4. The SMILES string of the molecule is CCCCCCCCN1C(=CC=Cc2n(CCCCCCCC)c3cc(Cl)c(Cl)cc3[n+]2CC(C)S(=O)(=O)O)N(CC(C)S(=O)(=O)O)c2cc(Cl)c(Cl)cc21. The molecule has 55 heavy (non-hydrogen) atoms. The Morgan fingerprint density at radius 1 is 0.673 bits per heavy atom. The number of hydrogen-bond donors (Lipinski definition) is 2. The van der Waals surface area contributed by atoms with Gasteiger partial charge < -0.3 is 9.80 Å². The molecule has 2 aromatic carbocycles. The lowest BCUT2D eigenvalue weighted by atomic mass is 10.1. The van der Waals surface area contributed by atoms with E-state index in [0.29, 0.717) is 56.0 Å². The van der Waals surface area contributed by atoms with Crippen LogP contribution in [0.15, 0.2) is 42.2 Å². The van der Waals surface area contributed by atoms with E-state index in [1.807, 2.05) is 27.7 Å². The lowest BCUT2D eigenvalue weighted by Crippen LogP contribution is -2.43. The number of aryl methyl sites for hydroxylation is 1. The highest BCUT2D eigenvalue weighted by atomic mass is 35.5. The quantitative estimate of drug-likeness (QED) is 0.0581. The van der Waals surface area contributed by atoms with Gasteiger partial charge in [0, 0.05) is 31.3 Å². The lowest BCUT2D eigenvalue weighted by molar-refractivity contribution is -0.673. The topological polar surface area (TPSA) is 124 Å². The van der Waals surface area contributed by atoms with Gasteiger partial charge in [-0.25, -0.2) is 9.13 Å². The molecule has 0 saturated carbocycles. The average Bonchev–Trinajstić information content (AvgIpc) is 3.53. The summed E-state index contributed by atoms with van der Waals surface area (Å²) in [4.78, 5) is 3.93. The molecule has 1 aliphatic rings. The molecule has 1 aliphatic heterocycles. The van der Waals surface area contributed by atoms with Crippen molar-refractivity contribution in [3.05, 3.63) is 68.2 Å². The number of unbranched alkanes of at least 4 members (excludes halogenated alkanes) is 10. The third-order valence-corrected chi connectivity index (χ3v) is 13.9. The number of anilines is 2. The molecule has 0 saturated heterocycles. The second-order valence-electron chi connectivity index (χ2n) is 14.5. The van der Waals surface area contributed by atoms with Gasteiger partial charge in [0.25, 0.3) is 26.1 Å². The van der Waals surface area contributed by atoms with Gasteiger partial charge in [-0.3, -0.25) is 9.11 Å². The molecule has 0 fully saturated rings. The van der Waals surface area contributed by atoms with Gasteiger partial charge in [0.2, 0.25) is 0 Å².